The number of carbonyl (C=O) groups is 2. The SMILES string of the molecule is Cn1cnc2c(F)c(CN3C(=O)CCC3=O)c(CS(=O)(=O)c3ccc[nH]3)cc21. The van der Waals surface area contributed by atoms with E-state index < -0.39 is 33.2 Å². The van der Waals surface area contributed by atoms with Crippen molar-refractivity contribution in [3.8, 4) is 0 Å². The van der Waals surface area contributed by atoms with Gasteiger partial charge in [0.05, 0.1) is 24.1 Å². The van der Waals surface area contributed by atoms with Crippen molar-refractivity contribution in [1.29, 1.82) is 0 Å². The van der Waals surface area contributed by atoms with E-state index in [1.54, 1.807) is 23.7 Å². The van der Waals surface area contributed by atoms with Gasteiger partial charge in [0.2, 0.25) is 11.8 Å². The van der Waals surface area contributed by atoms with Crippen molar-refractivity contribution in [1.82, 2.24) is 19.4 Å². The number of H-pyrrole nitrogens is 1. The molecule has 0 spiro atoms. The number of aromatic nitrogens is 3. The maximum atomic E-state index is 15.2. The molecule has 8 nitrogen and oxygen atoms in total. The van der Waals surface area contributed by atoms with Crippen molar-refractivity contribution in [2.45, 2.75) is 30.2 Å². The highest BCUT2D eigenvalue weighted by atomic mass is 32.2. The van der Waals surface area contributed by atoms with Crippen LogP contribution in [0.5, 0.6) is 0 Å². The summed E-state index contributed by atoms with van der Waals surface area (Å²) in [7, 11) is -2.10. The quantitative estimate of drug-likeness (QED) is 0.651. The van der Waals surface area contributed by atoms with E-state index in [9.17, 15) is 18.0 Å². The lowest BCUT2D eigenvalue weighted by molar-refractivity contribution is -0.139. The number of nitrogens with one attached hydrogen (secondary N) is 1. The number of amides is 2. The van der Waals surface area contributed by atoms with Crippen molar-refractivity contribution in [2.75, 3.05) is 0 Å². The maximum Gasteiger partial charge on any atom is 0.229 e. The van der Waals surface area contributed by atoms with Crippen molar-refractivity contribution < 1.29 is 22.4 Å². The predicted octanol–water partition coefficient (Wildman–Crippen LogP) is 1.66. The molecular weight excluding hydrogens is 387 g/mol. The number of sulfone groups is 1. The lowest BCUT2D eigenvalue weighted by Crippen LogP contribution is -2.29. The van der Waals surface area contributed by atoms with Crippen molar-refractivity contribution in [3.05, 3.63) is 47.7 Å². The molecule has 0 atom stereocenters. The summed E-state index contributed by atoms with van der Waals surface area (Å²) in [6.45, 7) is -0.314. The Labute approximate surface area is 159 Å². The Hall–Kier alpha value is -3.01. The van der Waals surface area contributed by atoms with E-state index in [1.807, 2.05) is 0 Å². The topological polar surface area (TPSA) is 105 Å². The number of halogens is 1. The Morgan fingerprint density at radius 3 is 2.61 bits per heavy atom. The van der Waals surface area contributed by atoms with E-state index in [4.69, 9.17) is 0 Å². The molecule has 3 heterocycles. The average Bonchev–Trinajstić information content (AvgIpc) is 3.36. The summed E-state index contributed by atoms with van der Waals surface area (Å²) in [6, 6.07) is 4.52. The molecule has 0 unspecified atom stereocenters. The first-order chi connectivity index (χ1) is 13.3. The van der Waals surface area contributed by atoms with Gasteiger partial charge < -0.3 is 9.55 Å². The Kier molecular flexibility index (Phi) is 4.30. The minimum atomic E-state index is -3.77. The molecule has 3 aromatic rings. The molecule has 2 aromatic heterocycles. The van der Waals surface area contributed by atoms with Gasteiger partial charge in [0.1, 0.15) is 10.5 Å². The van der Waals surface area contributed by atoms with Crippen LogP contribution in [0.3, 0.4) is 0 Å². The number of carbonyl (C=O) groups excluding carboxylic acids is 2. The van der Waals surface area contributed by atoms with E-state index in [1.165, 1.54) is 18.6 Å². The Balaban J connectivity index is 1.84. The number of hydrogen-bond donors (Lipinski definition) is 1. The second-order valence-electron chi connectivity index (χ2n) is 6.72. The van der Waals surface area contributed by atoms with Crippen LogP contribution in [0.4, 0.5) is 4.39 Å². The number of benzene rings is 1. The lowest BCUT2D eigenvalue weighted by Gasteiger charge is -2.18. The average molecular weight is 404 g/mol. The van der Waals surface area contributed by atoms with Crippen LogP contribution in [0.1, 0.15) is 24.0 Å². The highest BCUT2D eigenvalue weighted by Crippen LogP contribution is 2.29. The molecule has 2 amide bonds. The molecule has 0 bridgehead atoms. The minimum Gasteiger partial charge on any atom is -0.352 e. The van der Waals surface area contributed by atoms with Crippen molar-refractivity contribution in [2.24, 2.45) is 7.05 Å². The van der Waals surface area contributed by atoms with E-state index >= 15 is 4.39 Å². The third-order valence-electron chi connectivity index (χ3n) is 4.88. The van der Waals surface area contributed by atoms with Crippen molar-refractivity contribution in [3.63, 3.8) is 0 Å². The Morgan fingerprint density at radius 1 is 1.25 bits per heavy atom. The van der Waals surface area contributed by atoms with Crippen LogP contribution in [-0.4, -0.2) is 39.7 Å². The molecule has 0 saturated carbocycles. The fourth-order valence-corrected chi connectivity index (χ4v) is 4.72. The van der Waals surface area contributed by atoms with Gasteiger partial charge in [0, 0.05) is 31.6 Å². The molecule has 146 valence electrons. The number of nitrogens with zero attached hydrogens (tertiary/aromatic N) is 3. The smallest absolute Gasteiger partial charge is 0.229 e. The molecule has 1 aromatic carbocycles. The molecule has 1 aliphatic heterocycles. The van der Waals surface area contributed by atoms with Gasteiger partial charge in [-0.15, -0.1) is 0 Å². The van der Waals surface area contributed by atoms with Crippen LogP contribution >= 0.6 is 0 Å². The maximum absolute atomic E-state index is 15.2. The van der Waals surface area contributed by atoms with Crippen LogP contribution in [-0.2, 0) is 38.8 Å². The molecule has 1 aliphatic rings. The number of aromatic amines is 1. The number of hydrogen-bond acceptors (Lipinski definition) is 5. The standard InChI is InChI=1S/C18H17FN4O4S/c1-22-10-21-18-13(22)7-11(9-28(26,27)14-3-2-6-20-14)12(17(18)19)8-23-15(24)4-5-16(23)25/h2-3,6-7,10,20H,4-5,8-9H2,1H3. The molecule has 1 saturated heterocycles. The number of aryl methyl sites for hydroxylation is 1. The summed E-state index contributed by atoms with van der Waals surface area (Å²) >= 11 is 0. The first-order valence-corrected chi connectivity index (χ1v) is 10.2. The van der Waals surface area contributed by atoms with Crippen molar-refractivity contribution >= 4 is 32.7 Å². The van der Waals surface area contributed by atoms with Gasteiger partial charge in [-0.05, 0) is 23.8 Å². The second kappa shape index (κ2) is 6.55. The van der Waals surface area contributed by atoms with Gasteiger partial charge in [0.25, 0.3) is 0 Å². The van der Waals surface area contributed by atoms with Gasteiger partial charge in [-0.2, -0.15) is 0 Å². The summed E-state index contributed by atoms with van der Waals surface area (Å²) < 4.78 is 42.3. The highest BCUT2D eigenvalue weighted by molar-refractivity contribution is 7.90. The third-order valence-corrected chi connectivity index (χ3v) is 6.49. The van der Waals surface area contributed by atoms with Gasteiger partial charge >= 0.3 is 0 Å². The fourth-order valence-electron chi connectivity index (χ4n) is 3.36. The fraction of sp³-hybridized carbons (Fsp3) is 0.278. The van der Waals surface area contributed by atoms with E-state index in [0.717, 1.165) is 4.90 Å². The van der Waals surface area contributed by atoms with Crippen LogP contribution in [0.25, 0.3) is 11.0 Å². The molecule has 4 rings (SSSR count). The highest BCUT2D eigenvalue weighted by Gasteiger charge is 2.32. The number of likely N-dealkylation sites (tertiary alicyclic amines) is 1. The van der Waals surface area contributed by atoms with Crippen LogP contribution < -0.4 is 0 Å². The third kappa shape index (κ3) is 2.99. The number of imidazole rings is 1. The van der Waals surface area contributed by atoms with E-state index in [2.05, 4.69) is 9.97 Å². The number of imide groups is 1. The minimum absolute atomic E-state index is 0.00932. The normalized spacial score (nSPS) is 15.1. The summed E-state index contributed by atoms with van der Waals surface area (Å²) in [5.74, 6) is -1.99. The molecule has 28 heavy (non-hydrogen) atoms. The number of rotatable bonds is 5. The van der Waals surface area contributed by atoms with Crippen LogP contribution in [0.2, 0.25) is 0 Å². The summed E-state index contributed by atoms with van der Waals surface area (Å²) in [5.41, 5.74) is 0.676. The van der Waals surface area contributed by atoms with E-state index in [-0.39, 0.29) is 41.1 Å². The molecule has 0 radical (unpaired) electrons. The van der Waals surface area contributed by atoms with Gasteiger partial charge in [-0.25, -0.2) is 17.8 Å². The monoisotopic (exact) mass is 404 g/mol. The van der Waals surface area contributed by atoms with Crippen LogP contribution in [0.15, 0.2) is 35.7 Å². The predicted molar refractivity (Wildman–Crippen MR) is 97.1 cm³/mol. The first-order valence-electron chi connectivity index (χ1n) is 8.58. The van der Waals surface area contributed by atoms with Crippen LogP contribution in [0, 0.1) is 5.82 Å². The zero-order valence-corrected chi connectivity index (χ0v) is 15.8. The Morgan fingerprint density at radius 2 is 1.96 bits per heavy atom. The van der Waals surface area contributed by atoms with E-state index in [0.29, 0.717) is 5.52 Å². The lowest BCUT2D eigenvalue weighted by atomic mass is 10.1. The number of fused-ring (bicyclic) bond motifs is 1. The first kappa shape index (κ1) is 18.4. The molecule has 0 aliphatic carbocycles. The summed E-state index contributed by atoms with van der Waals surface area (Å²) in [5, 5.41) is 0.0114. The molecular formula is C18H17FN4O4S. The van der Waals surface area contributed by atoms with Gasteiger partial charge in [0.15, 0.2) is 15.7 Å². The molecule has 10 heteroatoms. The van der Waals surface area contributed by atoms with Gasteiger partial charge in [-0.3, -0.25) is 14.5 Å². The largest absolute Gasteiger partial charge is 0.352 e. The summed E-state index contributed by atoms with van der Waals surface area (Å²) in [4.78, 5) is 31.6. The molecule has 1 fully saturated rings. The molecule has 1 N–H and O–H groups in total. The Bertz CT molecular complexity index is 1180. The second-order valence-corrected chi connectivity index (χ2v) is 8.68. The zero-order valence-electron chi connectivity index (χ0n) is 15.0. The zero-order chi connectivity index (χ0) is 20.1. The van der Waals surface area contributed by atoms with Gasteiger partial charge in [-0.1, -0.05) is 0 Å². The summed E-state index contributed by atoms with van der Waals surface area (Å²) in [6.07, 6.45) is 3.05.